The molecule has 0 aromatic carbocycles. The minimum atomic E-state index is -4.42. The molecule has 0 saturated carbocycles. The first-order valence-corrected chi connectivity index (χ1v) is 5.26. The van der Waals surface area contributed by atoms with E-state index < -0.39 is 18.8 Å². The lowest BCUT2D eigenvalue weighted by Crippen LogP contribution is -2.19. The molecule has 0 aromatic rings. The topological polar surface area (TPSA) is 35.5 Å². The monoisotopic (exact) mass is 262 g/mol. The number of ether oxygens (including phenoxy) is 2. The van der Waals surface area contributed by atoms with Crippen molar-refractivity contribution in [1.82, 2.24) is 0 Å². The van der Waals surface area contributed by atoms with Gasteiger partial charge in [0.15, 0.2) is 6.61 Å². The predicted molar refractivity (Wildman–Crippen MR) is 53.7 cm³/mol. The summed E-state index contributed by atoms with van der Waals surface area (Å²) in [6.45, 7) is 0.401. The summed E-state index contributed by atoms with van der Waals surface area (Å²) in [6.07, 6.45) is -4.42. The van der Waals surface area contributed by atoms with Gasteiger partial charge in [0.05, 0.1) is 12.4 Å². The number of esters is 1. The molecule has 0 amide bonds. The van der Waals surface area contributed by atoms with Crippen molar-refractivity contribution in [2.24, 2.45) is 0 Å². The molecule has 88 valence electrons. The van der Waals surface area contributed by atoms with Gasteiger partial charge in [0.25, 0.3) is 0 Å². The molecule has 0 aliphatic carbocycles. The van der Waals surface area contributed by atoms with Crippen LogP contribution in [0, 0.1) is 0 Å². The summed E-state index contributed by atoms with van der Waals surface area (Å²) in [5.41, 5.74) is 0. The molecule has 0 fully saturated rings. The number of rotatable bonds is 4. The molecule has 0 unspecified atom stereocenters. The summed E-state index contributed by atoms with van der Waals surface area (Å²) < 4.78 is 43.4. The third kappa shape index (κ3) is 9.80. The Kier molecular flexibility index (Phi) is 6.66. The highest BCUT2D eigenvalue weighted by Gasteiger charge is 2.29. The lowest BCUT2D eigenvalue weighted by atomic mass is 10.7. The third-order valence-corrected chi connectivity index (χ3v) is 2.17. The number of carbonyl (C=O) groups excluding carboxylic acids is 1. The van der Waals surface area contributed by atoms with Crippen molar-refractivity contribution >= 4 is 34.3 Å². The van der Waals surface area contributed by atoms with E-state index in [9.17, 15) is 18.0 Å². The van der Waals surface area contributed by atoms with Gasteiger partial charge in [0.1, 0.15) is 0 Å². The fourth-order valence-electron chi connectivity index (χ4n) is 0.503. The molecule has 0 heterocycles. The molecule has 0 spiro atoms. The second kappa shape index (κ2) is 6.89. The minimum absolute atomic E-state index is 0.148. The van der Waals surface area contributed by atoms with Crippen LogP contribution in [0.5, 0.6) is 0 Å². The SMILES string of the molecule is CCOC(=O)CSC(=S)OCC(F)(F)F. The molecule has 0 saturated heterocycles. The van der Waals surface area contributed by atoms with Gasteiger partial charge in [-0.15, -0.1) is 0 Å². The van der Waals surface area contributed by atoms with E-state index in [0.29, 0.717) is 11.8 Å². The number of halogens is 3. The Bertz CT molecular complexity index is 230. The average molecular weight is 262 g/mol. The maximum atomic E-state index is 11.7. The number of thiocarbonyl (C=S) groups is 1. The summed E-state index contributed by atoms with van der Waals surface area (Å²) in [6, 6.07) is 0. The Hall–Kier alpha value is -0.500. The van der Waals surface area contributed by atoms with Crippen LogP contribution in [0.4, 0.5) is 13.2 Å². The van der Waals surface area contributed by atoms with Gasteiger partial charge in [0, 0.05) is 0 Å². The molecule has 0 aromatic heterocycles. The molecule has 8 heteroatoms. The van der Waals surface area contributed by atoms with E-state index in [4.69, 9.17) is 0 Å². The quantitative estimate of drug-likeness (QED) is 0.573. The maximum Gasteiger partial charge on any atom is 0.422 e. The highest BCUT2D eigenvalue weighted by Crippen LogP contribution is 2.17. The fourth-order valence-corrected chi connectivity index (χ4v) is 1.20. The molecule has 3 nitrogen and oxygen atoms in total. The van der Waals surface area contributed by atoms with Gasteiger partial charge in [-0.05, 0) is 19.1 Å². The average Bonchev–Trinajstić information content (AvgIpc) is 2.11. The predicted octanol–water partition coefficient (Wildman–Crippen LogP) is 2.15. The van der Waals surface area contributed by atoms with Crippen LogP contribution in [0.15, 0.2) is 0 Å². The van der Waals surface area contributed by atoms with Crippen molar-refractivity contribution in [3.8, 4) is 0 Å². The van der Waals surface area contributed by atoms with E-state index in [1.807, 2.05) is 0 Å². The normalized spacial score (nSPS) is 10.9. The first-order chi connectivity index (χ1) is 6.85. The van der Waals surface area contributed by atoms with E-state index >= 15 is 0 Å². The van der Waals surface area contributed by atoms with Gasteiger partial charge in [-0.2, -0.15) is 13.2 Å². The maximum absolute atomic E-state index is 11.7. The second-order valence-electron chi connectivity index (χ2n) is 2.25. The largest absolute Gasteiger partial charge is 0.469 e. The molecular weight excluding hydrogens is 253 g/mol. The standard InChI is InChI=1S/C7H9F3O3S2/c1-2-12-5(11)3-15-6(14)13-4-7(8,9)10/h2-4H2,1H3. The van der Waals surface area contributed by atoms with E-state index in [2.05, 4.69) is 21.7 Å². The number of carbonyl (C=O) groups is 1. The van der Waals surface area contributed by atoms with Crippen LogP contribution in [-0.2, 0) is 14.3 Å². The second-order valence-corrected chi connectivity index (χ2v) is 3.82. The molecule has 0 atom stereocenters. The van der Waals surface area contributed by atoms with Gasteiger partial charge >= 0.3 is 12.1 Å². The number of alkyl halides is 3. The van der Waals surface area contributed by atoms with Crippen LogP contribution in [0.25, 0.3) is 0 Å². The van der Waals surface area contributed by atoms with Crippen molar-refractivity contribution in [2.75, 3.05) is 19.0 Å². The highest BCUT2D eigenvalue weighted by atomic mass is 32.2. The Labute approximate surface area is 94.3 Å². The lowest BCUT2D eigenvalue weighted by molar-refractivity contribution is -0.154. The molecule has 0 aliphatic heterocycles. The van der Waals surface area contributed by atoms with Crippen molar-refractivity contribution < 1.29 is 27.4 Å². The van der Waals surface area contributed by atoms with Crippen LogP contribution in [0.1, 0.15) is 6.92 Å². The zero-order chi connectivity index (χ0) is 11.9. The number of hydrogen-bond acceptors (Lipinski definition) is 5. The van der Waals surface area contributed by atoms with Gasteiger partial charge in [-0.25, -0.2) is 0 Å². The molecule has 0 N–H and O–H groups in total. The van der Waals surface area contributed by atoms with Crippen molar-refractivity contribution in [3.05, 3.63) is 0 Å². The van der Waals surface area contributed by atoms with Gasteiger partial charge < -0.3 is 9.47 Å². The van der Waals surface area contributed by atoms with Crippen LogP contribution in [0.2, 0.25) is 0 Å². The Balaban J connectivity index is 3.62. The summed E-state index contributed by atoms with van der Waals surface area (Å²) in [7, 11) is 0. The van der Waals surface area contributed by atoms with E-state index in [1.165, 1.54) is 0 Å². The zero-order valence-corrected chi connectivity index (χ0v) is 9.43. The lowest BCUT2D eigenvalue weighted by Gasteiger charge is -2.08. The molecule has 0 bridgehead atoms. The fraction of sp³-hybridized carbons (Fsp3) is 0.714. The van der Waals surface area contributed by atoms with Crippen molar-refractivity contribution in [2.45, 2.75) is 13.1 Å². The van der Waals surface area contributed by atoms with Crippen LogP contribution >= 0.6 is 24.0 Å². The van der Waals surface area contributed by atoms with Crippen LogP contribution in [0.3, 0.4) is 0 Å². The summed E-state index contributed by atoms with van der Waals surface area (Å²) in [5, 5.41) is 0. The van der Waals surface area contributed by atoms with E-state index in [-0.39, 0.29) is 16.7 Å². The summed E-state index contributed by atoms with van der Waals surface area (Å²) >= 11 is 5.16. The van der Waals surface area contributed by atoms with Crippen LogP contribution in [-0.4, -0.2) is 35.5 Å². The van der Waals surface area contributed by atoms with Crippen molar-refractivity contribution in [1.29, 1.82) is 0 Å². The first-order valence-electron chi connectivity index (χ1n) is 3.87. The summed E-state index contributed by atoms with van der Waals surface area (Å²) in [4.78, 5) is 10.8. The molecule has 0 rings (SSSR count). The van der Waals surface area contributed by atoms with Gasteiger partial charge in [-0.3, -0.25) is 4.79 Å². The highest BCUT2D eigenvalue weighted by molar-refractivity contribution is 8.23. The molecule has 0 aliphatic rings. The Morgan fingerprint density at radius 1 is 1.40 bits per heavy atom. The van der Waals surface area contributed by atoms with Gasteiger partial charge in [-0.1, -0.05) is 11.8 Å². The molecule has 15 heavy (non-hydrogen) atoms. The Morgan fingerprint density at radius 3 is 2.47 bits per heavy atom. The van der Waals surface area contributed by atoms with E-state index in [1.54, 1.807) is 6.92 Å². The molecular formula is C7H9F3O3S2. The number of hydrogen-bond donors (Lipinski definition) is 0. The Morgan fingerprint density at radius 2 is 2.00 bits per heavy atom. The van der Waals surface area contributed by atoms with Gasteiger partial charge in [0.2, 0.25) is 4.38 Å². The minimum Gasteiger partial charge on any atom is -0.469 e. The third-order valence-electron chi connectivity index (χ3n) is 0.967. The first kappa shape index (κ1) is 14.5. The summed E-state index contributed by atoms with van der Waals surface area (Å²) in [5.74, 6) is -0.690. The van der Waals surface area contributed by atoms with Crippen molar-refractivity contribution in [3.63, 3.8) is 0 Å². The number of thioether (sulfide) groups is 1. The van der Waals surface area contributed by atoms with E-state index in [0.717, 1.165) is 0 Å². The zero-order valence-electron chi connectivity index (χ0n) is 7.80. The smallest absolute Gasteiger partial charge is 0.422 e. The van der Waals surface area contributed by atoms with Crippen LogP contribution < -0.4 is 0 Å². The molecule has 0 radical (unpaired) electrons.